The molecule has 0 atom stereocenters. The molecule has 0 amide bonds. The summed E-state index contributed by atoms with van der Waals surface area (Å²) in [5, 5.41) is 0.908. The maximum absolute atomic E-state index is 12.5. The molecule has 124 valence electrons. The summed E-state index contributed by atoms with van der Waals surface area (Å²) in [6.07, 6.45) is 4.55. The first-order valence-electron chi connectivity index (χ1n) is 8.43. The van der Waals surface area contributed by atoms with Crippen LogP contribution < -0.4 is 10.4 Å². The van der Waals surface area contributed by atoms with Crippen LogP contribution in [0.5, 0.6) is 5.75 Å². The van der Waals surface area contributed by atoms with Crippen molar-refractivity contribution in [2.45, 2.75) is 32.6 Å². The summed E-state index contributed by atoms with van der Waals surface area (Å²) in [6.45, 7) is 2.19. The highest BCUT2D eigenvalue weighted by atomic mass is 16.5. The number of aryl methyl sites for hydroxylation is 1. The molecule has 1 heterocycles. The van der Waals surface area contributed by atoms with Crippen molar-refractivity contribution in [1.82, 2.24) is 0 Å². The van der Waals surface area contributed by atoms with Crippen LogP contribution in [0.4, 0.5) is 0 Å². The molecular formula is C21H22O3. The van der Waals surface area contributed by atoms with Gasteiger partial charge in [0.2, 0.25) is 0 Å². The summed E-state index contributed by atoms with van der Waals surface area (Å²) in [5.41, 5.74) is 2.82. The third kappa shape index (κ3) is 3.35. The molecule has 3 heteroatoms. The summed E-state index contributed by atoms with van der Waals surface area (Å²) in [6, 6.07) is 15.5. The predicted molar refractivity (Wildman–Crippen MR) is 97.7 cm³/mol. The summed E-state index contributed by atoms with van der Waals surface area (Å²) in [5.74, 6) is 0.692. The Kier molecular flexibility index (Phi) is 4.99. The Bertz CT molecular complexity index is 893. The maximum atomic E-state index is 12.5. The highest BCUT2D eigenvalue weighted by molar-refractivity contribution is 5.83. The quantitative estimate of drug-likeness (QED) is 0.462. The van der Waals surface area contributed by atoms with Crippen LogP contribution in [0, 0.1) is 0 Å². The minimum atomic E-state index is -0.335. The second-order valence-electron chi connectivity index (χ2n) is 5.98. The Hall–Kier alpha value is -2.55. The molecule has 0 aliphatic rings. The van der Waals surface area contributed by atoms with E-state index < -0.39 is 0 Å². The van der Waals surface area contributed by atoms with Gasteiger partial charge in [-0.2, -0.15) is 0 Å². The van der Waals surface area contributed by atoms with Crippen molar-refractivity contribution in [3.8, 4) is 16.9 Å². The van der Waals surface area contributed by atoms with Crippen molar-refractivity contribution in [3.05, 3.63) is 64.5 Å². The molecule has 0 unspecified atom stereocenters. The van der Waals surface area contributed by atoms with E-state index in [-0.39, 0.29) is 5.63 Å². The predicted octanol–water partition coefficient (Wildman–Crippen LogP) is 5.20. The van der Waals surface area contributed by atoms with Crippen LogP contribution in [0.25, 0.3) is 22.1 Å². The number of para-hydroxylation sites is 1. The van der Waals surface area contributed by atoms with Gasteiger partial charge in [-0.15, -0.1) is 0 Å². The molecule has 0 aliphatic heterocycles. The van der Waals surface area contributed by atoms with E-state index in [1.165, 1.54) is 18.4 Å². The Morgan fingerprint density at radius 2 is 1.83 bits per heavy atom. The van der Waals surface area contributed by atoms with E-state index >= 15 is 0 Å². The van der Waals surface area contributed by atoms with Crippen LogP contribution in [-0.4, -0.2) is 7.11 Å². The van der Waals surface area contributed by atoms with Gasteiger partial charge in [0.25, 0.3) is 0 Å². The van der Waals surface area contributed by atoms with Gasteiger partial charge in [0, 0.05) is 10.9 Å². The molecule has 0 bridgehead atoms. The first-order chi connectivity index (χ1) is 11.7. The Balaban J connectivity index is 2.08. The second kappa shape index (κ2) is 7.35. The van der Waals surface area contributed by atoms with Gasteiger partial charge in [0.1, 0.15) is 11.3 Å². The van der Waals surface area contributed by atoms with Crippen LogP contribution in [0.15, 0.2) is 57.7 Å². The Morgan fingerprint density at radius 3 is 2.62 bits per heavy atom. The normalized spacial score (nSPS) is 10.9. The molecule has 3 aromatic rings. The fourth-order valence-electron chi connectivity index (χ4n) is 2.95. The lowest BCUT2D eigenvalue weighted by molar-refractivity contribution is 0.416. The van der Waals surface area contributed by atoms with Crippen molar-refractivity contribution in [1.29, 1.82) is 0 Å². The first-order valence-corrected chi connectivity index (χ1v) is 8.43. The molecule has 0 saturated heterocycles. The highest BCUT2D eigenvalue weighted by Gasteiger charge is 2.13. The maximum Gasteiger partial charge on any atom is 0.344 e. The monoisotopic (exact) mass is 322 g/mol. The highest BCUT2D eigenvalue weighted by Crippen LogP contribution is 2.31. The van der Waals surface area contributed by atoms with Gasteiger partial charge in [0.05, 0.1) is 12.7 Å². The molecule has 0 saturated carbocycles. The molecule has 0 radical (unpaired) electrons. The number of hydrogen-bond donors (Lipinski definition) is 0. The fourth-order valence-corrected chi connectivity index (χ4v) is 2.95. The number of benzene rings is 2. The summed E-state index contributed by atoms with van der Waals surface area (Å²) >= 11 is 0. The first kappa shape index (κ1) is 16.3. The molecule has 3 rings (SSSR count). The average Bonchev–Trinajstić information content (AvgIpc) is 2.61. The number of hydrogen-bond acceptors (Lipinski definition) is 3. The number of fused-ring (bicyclic) bond motifs is 1. The number of methoxy groups -OCH3 is 1. The van der Waals surface area contributed by atoms with Gasteiger partial charge in [-0.1, -0.05) is 44.0 Å². The lowest BCUT2D eigenvalue weighted by atomic mass is 9.99. The minimum absolute atomic E-state index is 0.335. The standard InChI is InChI=1S/C21H22O3/c1-3-4-5-8-15-11-12-20(23-2)17(13-15)18-14-16-9-6-7-10-19(16)24-21(18)22/h6-7,9-14H,3-5,8H2,1-2H3. The molecule has 24 heavy (non-hydrogen) atoms. The lowest BCUT2D eigenvalue weighted by Crippen LogP contribution is -2.04. The van der Waals surface area contributed by atoms with Crippen molar-refractivity contribution in [2.75, 3.05) is 7.11 Å². The lowest BCUT2D eigenvalue weighted by Gasteiger charge is -2.11. The van der Waals surface area contributed by atoms with Crippen LogP contribution in [0.1, 0.15) is 31.7 Å². The number of ether oxygens (including phenoxy) is 1. The van der Waals surface area contributed by atoms with Gasteiger partial charge in [-0.25, -0.2) is 4.79 Å². The van der Waals surface area contributed by atoms with Gasteiger partial charge >= 0.3 is 5.63 Å². The van der Waals surface area contributed by atoms with E-state index in [1.54, 1.807) is 13.2 Å². The van der Waals surface area contributed by atoms with E-state index in [9.17, 15) is 4.79 Å². The third-order valence-corrected chi connectivity index (χ3v) is 4.26. The Morgan fingerprint density at radius 1 is 1.00 bits per heavy atom. The van der Waals surface area contributed by atoms with Crippen molar-refractivity contribution in [3.63, 3.8) is 0 Å². The van der Waals surface area contributed by atoms with Gasteiger partial charge in [0.15, 0.2) is 0 Å². The Labute approximate surface area is 141 Å². The van der Waals surface area contributed by atoms with E-state index in [1.807, 2.05) is 30.3 Å². The smallest absolute Gasteiger partial charge is 0.344 e. The fraction of sp³-hybridized carbons (Fsp3) is 0.286. The zero-order valence-corrected chi connectivity index (χ0v) is 14.2. The molecule has 0 fully saturated rings. The van der Waals surface area contributed by atoms with E-state index in [4.69, 9.17) is 9.15 Å². The third-order valence-electron chi connectivity index (χ3n) is 4.26. The second-order valence-corrected chi connectivity index (χ2v) is 5.98. The van der Waals surface area contributed by atoms with Crippen molar-refractivity contribution < 1.29 is 9.15 Å². The van der Waals surface area contributed by atoms with Crippen molar-refractivity contribution >= 4 is 11.0 Å². The van der Waals surface area contributed by atoms with E-state index in [2.05, 4.69) is 19.1 Å². The molecule has 1 aromatic heterocycles. The van der Waals surface area contributed by atoms with Crippen LogP contribution >= 0.6 is 0 Å². The van der Waals surface area contributed by atoms with Gasteiger partial charge < -0.3 is 9.15 Å². The summed E-state index contributed by atoms with van der Waals surface area (Å²) < 4.78 is 10.9. The van der Waals surface area contributed by atoms with Crippen LogP contribution in [0.2, 0.25) is 0 Å². The van der Waals surface area contributed by atoms with Crippen molar-refractivity contribution in [2.24, 2.45) is 0 Å². The van der Waals surface area contributed by atoms with Gasteiger partial charge in [-0.05, 0) is 42.7 Å². The molecule has 2 aromatic carbocycles. The zero-order chi connectivity index (χ0) is 16.9. The minimum Gasteiger partial charge on any atom is -0.496 e. The number of unbranched alkanes of at least 4 members (excludes halogenated alkanes) is 2. The zero-order valence-electron chi connectivity index (χ0n) is 14.2. The molecule has 3 nitrogen and oxygen atoms in total. The van der Waals surface area contributed by atoms with Crippen LogP contribution in [0.3, 0.4) is 0 Å². The van der Waals surface area contributed by atoms with E-state index in [0.717, 1.165) is 23.8 Å². The number of rotatable bonds is 6. The van der Waals surface area contributed by atoms with Gasteiger partial charge in [-0.3, -0.25) is 0 Å². The SMILES string of the molecule is CCCCCc1ccc(OC)c(-c2cc3ccccc3oc2=O)c1. The molecule has 0 spiro atoms. The summed E-state index contributed by atoms with van der Waals surface area (Å²) in [4.78, 5) is 12.5. The van der Waals surface area contributed by atoms with E-state index in [0.29, 0.717) is 16.9 Å². The average molecular weight is 322 g/mol. The molecular weight excluding hydrogens is 300 g/mol. The molecule has 0 aliphatic carbocycles. The topological polar surface area (TPSA) is 39.4 Å². The summed E-state index contributed by atoms with van der Waals surface area (Å²) in [7, 11) is 1.62. The molecule has 0 N–H and O–H groups in total. The largest absolute Gasteiger partial charge is 0.496 e. The van der Waals surface area contributed by atoms with Crippen LogP contribution in [-0.2, 0) is 6.42 Å².